The minimum absolute atomic E-state index is 0.664. The molecule has 0 saturated heterocycles. The Morgan fingerprint density at radius 1 is 0.848 bits per heavy atom. The minimum atomic E-state index is -4.36. The molecule has 4 aromatic rings. The molecule has 8 heteroatoms. The first-order chi connectivity index (χ1) is 15.7. The SMILES string of the molecule is Cc1cc(-c2ccc(C(F)(F)F)cc2)cc(-c2cccc(-c3csc(/N=C/N(C)C)n3)c2)n1. The number of thiazole rings is 1. The summed E-state index contributed by atoms with van der Waals surface area (Å²) in [5.74, 6) is 0. The fourth-order valence-electron chi connectivity index (χ4n) is 3.29. The predicted molar refractivity (Wildman–Crippen MR) is 128 cm³/mol. The van der Waals surface area contributed by atoms with Crippen molar-refractivity contribution in [1.82, 2.24) is 14.9 Å². The highest BCUT2D eigenvalue weighted by Crippen LogP contribution is 2.33. The molecular formula is C25H21F3N4S. The van der Waals surface area contributed by atoms with Crippen molar-refractivity contribution < 1.29 is 13.2 Å². The zero-order chi connectivity index (χ0) is 23.6. The number of aryl methyl sites for hydroxylation is 1. The standard InChI is InChI=1S/C25H21F3N4S/c1-16-11-20(17-7-9-21(10-8-17)25(26,27)28)13-22(30-16)18-5-4-6-19(12-18)23-14-33-24(31-23)29-15-32(2)3/h4-15H,1-3H3/b29-15+. The number of rotatable bonds is 5. The molecule has 0 amide bonds. The van der Waals surface area contributed by atoms with Gasteiger partial charge in [0.05, 0.1) is 23.3 Å². The number of hydrogen-bond acceptors (Lipinski definition) is 4. The molecule has 2 aromatic heterocycles. The second-order valence-corrected chi connectivity index (χ2v) is 8.60. The lowest BCUT2D eigenvalue weighted by Gasteiger charge is -2.10. The highest BCUT2D eigenvalue weighted by Gasteiger charge is 2.30. The van der Waals surface area contributed by atoms with E-state index >= 15 is 0 Å². The number of pyridine rings is 1. The summed E-state index contributed by atoms with van der Waals surface area (Å²) in [6, 6.07) is 16.8. The maximum absolute atomic E-state index is 12.9. The van der Waals surface area contributed by atoms with Crippen LogP contribution in [0.2, 0.25) is 0 Å². The van der Waals surface area contributed by atoms with Crippen LogP contribution in [-0.2, 0) is 6.18 Å². The summed E-state index contributed by atoms with van der Waals surface area (Å²) in [6.07, 6.45) is -2.65. The lowest BCUT2D eigenvalue weighted by atomic mass is 10.00. The molecule has 0 bridgehead atoms. The van der Waals surface area contributed by atoms with E-state index < -0.39 is 11.7 Å². The Bertz CT molecular complexity index is 1290. The highest BCUT2D eigenvalue weighted by atomic mass is 32.1. The first kappa shape index (κ1) is 22.7. The molecular weight excluding hydrogens is 445 g/mol. The molecule has 0 fully saturated rings. The quantitative estimate of drug-likeness (QED) is 0.233. The van der Waals surface area contributed by atoms with E-state index in [0.717, 1.165) is 45.9 Å². The van der Waals surface area contributed by atoms with Crippen molar-refractivity contribution in [3.63, 3.8) is 0 Å². The largest absolute Gasteiger partial charge is 0.416 e. The number of nitrogens with zero attached hydrogens (tertiary/aromatic N) is 4. The summed E-state index contributed by atoms with van der Waals surface area (Å²) in [6.45, 7) is 1.87. The van der Waals surface area contributed by atoms with E-state index in [4.69, 9.17) is 0 Å². The molecule has 0 spiro atoms. The second kappa shape index (κ2) is 9.15. The van der Waals surface area contributed by atoms with Crippen molar-refractivity contribution in [2.45, 2.75) is 13.1 Å². The molecule has 0 radical (unpaired) electrons. The minimum Gasteiger partial charge on any atom is -0.369 e. The van der Waals surface area contributed by atoms with Crippen molar-refractivity contribution in [3.8, 4) is 33.6 Å². The molecule has 0 unspecified atom stereocenters. The van der Waals surface area contributed by atoms with E-state index in [0.29, 0.717) is 10.7 Å². The van der Waals surface area contributed by atoms with Crippen LogP contribution in [0.15, 0.2) is 71.0 Å². The van der Waals surface area contributed by atoms with Crippen LogP contribution < -0.4 is 0 Å². The van der Waals surface area contributed by atoms with Gasteiger partial charge in [-0.2, -0.15) is 13.2 Å². The van der Waals surface area contributed by atoms with E-state index in [1.807, 2.05) is 67.7 Å². The van der Waals surface area contributed by atoms with Gasteiger partial charge in [0, 0.05) is 36.3 Å². The average Bonchev–Trinajstić information content (AvgIpc) is 3.26. The van der Waals surface area contributed by atoms with Gasteiger partial charge in [0.15, 0.2) is 0 Å². The van der Waals surface area contributed by atoms with Gasteiger partial charge in [-0.3, -0.25) is 4.98 Å². The van der Waals surface area contributed by atoms with Gasteiger partial charge in [-0.05, 0) is 48.4 Å². The van der Waals surface area contributed by atoms with Crippen molar-refractivity contribution >= 4 is 22.8 Å². The molecule has 0 aliphatic carbocycles. The molecule has 0 N–H and O–H groups in total. The summed E-state index contributed by atoms with van der Waals surface area (Å²) in [5, 5.41) is 2.63. The van der Waals surface area contributed by atoms with Gasteiger partial charge in [0.25, 0.3) is 0 Å². The van der Waals surface area contributed by atoms with Crippen molar-refractivity contribution in [3.05, 3.63) is 77.3 Å². The Labute approximate surface area is 194 Å². The number of halogens is 3. The molecule has 33 heavy (non-hydrogen) atoms. The molecule has 4 rings (SSSR count). The van der Waals surface area contributed by atoms with Gasteiger partial charge in [0.1, 0.15) is 0 Å². The van der Waals surface area contributed by atoms with Crippen LogP contribution >= 0.6 is 11.3 Å². The van der Waals surface area contributed by atoms with E-state index in [1.54, 1.807) is 6.34 Å². The first-order valence-corrected chi connectivity index (χ1v) is 11.0. The normalized spacial score (nSPS) is 11.8. The number of hydrogen-bond donors (Lipinski definition) is 0. The molecule has 2 aromatic carbocycles. The molecule has 0 saturated carbocycles. The summed E-state index contributed by atoms with van der Waals surface area (Å²) in [5.41, 5.74) is 5.03. The van der Waals surface area contributed by atoms with Gasteiger partial charge in [-0.25, -0.2) is 9.98 Å². The first-order valence-electron chi connectivity index (χ1n) is 10.1. The molecule has 2 heterocycles. The van der Waals surface area contributed by atoms with Crippen LogP contribution in [0.25, 0.3) is 33.6 Å². The summed E-state index contributed by atoms with van der Waals surface area (Å²) < 4.78 is 38.7. The average molecular weight is 467 g/mol. The van der Waals surface area contributed by atoms with Gasteiger partial charge in [-0.1, -0.05) is 30.3 Å². The Balaban J connectivity index is 1.66. The summed E-state index contributed by atoms with van der Waals surface area (Å²) in [4.78, 5) is 15.4. The molecule has 168 valence electrons. The third kappa shape index (κ3) is 5.46. The van der Waals surface area contributed by atoms with Gasteiger partial charge in [0.2, 0.25) is 5.13 Å². The maximum Gasteiger partial charge on any atom is 0.416 e. The monoisotopic (exact) mass is 466 g/mol. The number of aliphatic imine (C=N–C) groups is 1. The Hall–Kier alpha value is -3.52. The smallest absolute Gasteiger partial charge is 0.369 e. The Kier molecular flexibility index (Phi) is 6.29. The van der Waals surface area contributed by atoms with E-state index in [1.165, 1.54) is 23.5 Å². The molecule has 4 nitrogen and oxygen atoms in total. The van der Waals surface area contributed by atoms with Crippen LogP contribution in [0.4, 0.5) is 18.3 Å². The molecule has 0 atom stereocenters. The van der Waals surface area contributed by atoms with Crippen LogP contribution in [0.1, 0.15) is 11.3 Å². The van der Waals surface area contributed by atoms with E-state index in [9.17, 15) is 13.2 Å². The number of aromatic nitrogens is 2. The Morgan fingerprint density at radius 3 is 2.21 bits per heavy atom. The lowest BCUT2D eigenvalue weighted by molar-refractivity contribution is -0.137. The fourth-order valence-corrected chi connectivity index (χ4v) is 3.96. The molecule has 0 aliphatic heterocycles. The zero-order valence-corrected chi connectivity index (χ0v) is 19.1. The zero-order valence-electron chi connectivity index (χ0n) is 18.3. The molecule has 0 aliphatic rings. The van der Waals surface area contributed by atoms with E-state index in [-0.39, 0.29) is 0 Å². The second-order valence-electron chi connectivity index (χ2n) is 7.76. The van der Waals surface area contributed by atoms with Gasteiger partial charge < -0.3 is 4.90 Å². The van der Waals surface area contributed by atoms with Crippen molar-refractivity contribution in [1.29, 1.82) is 0 Å². The van der Waals surface area contributed by atoms with Crippen LogP contribution in [0.3, 0.4) is 0 Å². The Morgan fingerprint density at radius 2 is 1.55 bits per heavy atom. The summed E-state index contributed by atoms with van der Waals surface area (Å²) in [7, 11) is 3.80. The summed E-state index contributed by atoms with van der Waals surface area (Å²) >= 11 is 1.46. The van der Waals surface area contributed by atoms with Crippen molar-refractivity contribution in [2.75, 3.05) is 14.1 Å². The predicted octanol–water partition coefficient (Wildman–Crippen LogP) is 7.09. The highest BCUT2D eigenvalue weighted by molar-refractivity contribution is 7.13. The van der Waals surface area contributed by atoms with Gasteiger partial charge >= 0.3 is 6.18 Å². The van der Waals surface area contributed by atoms with Crippen LogP contribution in [0.5, 0.6) is 0 Å². The van der Waals surface area contributed by atoms with Crippen LogP contribution in [0, 0.1) is 6.92 Å². The fraction of sp³-hybridized carbons (Fsp3) is 0.160. The van der Waals surface area contributed by atoms with E-state index in [2.05, 4.69) is 15.0 Å². The third-order valence-corrected chi connectivity index (χ3v) is 5.59. The lowest BCUT2D eigenvalue weighted by Crippen LogP contribution is -2.06. The third-order valence-electron chi connectivity index (χ3n) is 4.84. The van der Waals surface area contributed by atoms with Gasteiger partial charge in [-0.15, -0.1) is 11.3 Å². The number of alkyl halides is 3. The van der Waals surface area contributed by atoms with Crippen LogP contribution in [-0.4, -0.2) is 35.3 Å². The van der Waals surface area contributed by atoms with Crippen molar-refractivity contribution in [2.24, 2.45) is 4.99 Å². The maximum atomic E-state index is 12.9. The topological polar surface area (TPSA) is 41.4 Å². The number of benzene rings is 2.